The second kappa shape index (κ2) is 6.12. The molecule has 2 rings (SSSR count). The van der Waals surface area contributed by atoms with E-state index in [0.29, 0.717) is 12.1 Å². The molecule has 8 heteroatoms. The summed E-state index contributed by atoms with van der Waals surface area (Å²) in [6.45, 7) is 2.21. The molecule has 0 saturated heterocycles. The fourth-order valence-electron chi connectivity index (χ4n) is 1.86. The van der Waals surface area contributed by atoms with Gasteiger partial charge in [0.05, 0.1) is 6.20 Å². The zero-order valence-corrected chi connectivity index (χ0v) is 12.1. The summed E-state index contributed by atoms with van der Waals surface area (Å²) < 4.78 is 27.3. The molecular formula is C12H17N5O2S. The van der Waals surface area contributed by atoms with Gasteiger partial charge in [-0.3, -0.25) is 10.1 Å². The monoisotopic (exact) mass is 295 g/mol. The van der Waals surface area contributed by atoms with Gasteiger partial charge in [0.25, 0.3) is 10.0 Å². The molecule has 2 aromatic rings. The third-order valence-electron chi connectivity index (χ3n) is 2.85. The first kappa shape index (κ1) is 14.6. The summed E-state index contributed by atoms with van der Waals surface area (Å²) >= 11 is 0. The minimum atomic E-state index is -3.65. The number of hydrogen-bond acceptors (Lipinski definition) is 5. The number of nitrogens with one attached hydrogen (secondary N) is 3. The van der Waals surface area contributed by atoms with Crippen LogP contribution in [0.25, 0.3) is 0 Å². The van der Waals surface area contributed by atoms with E-state index in [1.54, 1.807) is 38.5 Å². The zero-order chi connectivity index (χ0) is 14.6. The van der Waals surface area contributed by atoms with E-state index < -0.39 is 10.0 Å². The number of sulfonamides is 1. The first-order chi connectivity index (χ1) is 9.54. The Morgan fingerprint density at radius 3 is 2.70 bits per heavy atom. The van der Waals surface area contributed by atoms with E-state index in [1.165, 1.54) is 6.20 Å². The number of pyridine rings is 1. The van der Waals surface area contributed by atoms with E-state index >= 15 is 0 Å². The van der Waals surface area contributed by atoms with Crippen molar-refractivity contribution in [2.75, 3.05) is 7.05 Å². The third kappa shape index (κ3) is 3.21. The number of aromatic nitrogens is 3. The highest BCUT2D eigenvalue weighted by molar-refractivity contribution is 7.89. The molecule has 0 aliphatic rings. The molecule has 3 N–H and O–H groups in total. The van der Waals surface area contributed by atoms with Crippen molar-refractivity contribution in [3.05, 3.63) is 41.9 Å². The second-order valence-electron chi connectivity index (χ2n) is 4.38. The molecule has 0 fully saturated rings. The van der Waals surface area contributed by atoms with Crippen LogP contribution in [0.4, 0.5) is 0 Å². The molecule has 0 bridgehead atoms. The van der Waals surface area contributed by atoms with E-state index in [9.17, 15) is 8.42 Å². The van der Waals surface area contributed by atoms with Gasteiger partial charge in [-0.05, 0) is 31.7 Å². The van der Waals surface area contributed by atoms with Gasteiger partial charge >= 0.3 is 0 Å². The van der Waals surface area contributed by atoms with Gasteiger partial charge in [-0.2, -0.15) is 5.10 Å². The predicted octanol–water partition coefficient (Wildman–Crippen LogP) is 0.564. The van der Waals surface area contributed by atoms with Crippen molar-refractivity contribution in [3.63, 3.8) is 0 Å². The van der Waals surface area contributed by atoms with Gasteiger partial charge in [-0.15, -0.1) is 0 Å². The van der Waals surface area contributed by atoms with Gasteiger partial charge in [0.1, 0.15) is 0 Å². The Morgan fingerprint density at radius 2 is 2.05 bits per heavy atom. The zero-order valence-electron chi connectivity index (χ0n) is 11.3. The standard InChI is InChI=1S/C12H17N5O2S/c1-9(10-3-5-14-6-4-10)17-20(18,19)12-11(7-13-2)8-15-16-12/h3-6,8-9,13,17H,7H2,1-2H3,(H,15,16). The van der Waals surface area contributed by atoms with Crippen molar-refractivity contribution in [1.29, 1.82) is 0 Å². The Kier molecular flexibility index (Phi) is 4.48. The highest BCUT2D eigenvalue weighted by Gasteiger charge is 2.23. The average molecular weight is 295 g/mol. The lowest BCUT2D eigenvalue weighted by atomic mass is 10.1. The van der Waals surface area contributed by atoms with Crippen molar-refractivity contribution < 1.29 is 8.42 Å². The fourth-order valence-corrected chi connectivity index (χ4v) is 3.22. The summed E-state index contributed by atoms with van der Waals surface area (Å²) in [5.74, 6) is 0. The summed E-state index contributed by atoms with van der Waals surface area (Å²) in [4.78, 5) is 3.91. The van der Waals surface area contributed by atoms with E-state index in [2.05, 4.69) is 25.2 Å². The highest BCUT2D eigenvalue weighted by atomic mass is 32.2. The molecule has 0 radical (unpaired) electrons. The topological polar surface area (TPSA) is 99.8 Å². The number of nitrogens with zero attached hydrogens (tertiary/aromatic N) is 2. The van der Waals surface area contributed by atoms with Crippen LogP contribution in [0, 0.1) is 0 Å². The van der Waals surface area contributed by atoms with Crippen molar-refractivity contribution in [2.45, 2.75) is 24.5 Å². The minimum Gasteiger partial charge on any atom is -0.316 e. The van der Waals surface area contributed by atoms with Crippen LogP contribution >= 0.6 is 0 Å². The van der Waals surface area contributed by atoms with E-state index in [4.69, 9.17) is 0 Å². The lowest BCUT2D eigenvalue weighted by Crippen LogP contribution is -2.28. The van der Waals surface area contributed by atoms with Crippen LogP contribution in [-0.4, -0.2) is 30.6 Å². The second-order valence-corrected chi connectivity index (χ2v) is 6.03. The quantitative estimate of drug-likeness (QED) is 0.723. The van der Waals surface area contributed by atoms with Crippen molar-refractivity contribution in [2.24, 2.45) is 0 Å². The Balaban J connectivity index is 2.21. The molecule has 1 unspecified atom stereocenters. The summed E-state index contributed by atoms with van der Waals surface area (Å²) in [5, 5.41) is 9.33. The van der Waals surface area contributed by atoms with Crippen LogP contribution < -0.4 is 10.0 Å². The number of H-pyrrole nitrogens is 1. The highest BCUT2D eigenvalue weighted by Crippen LogP contribution is 2.17. The molecule has 108 valence electrons. The molecule has 2 heterocycles. The number of rotatable bonds is 6. The van der Waals surface area contributed by atoms with Gasteiger partial charge in [0.2, 0.25) is 0 Å². The smallest absolute Gasteiger partial charge is 0.258 e. The predicted molar refractivity (Wildman–Crippen MR) is 74.3 cm³/mol. The van der Waals surface area contributed by atoms with Gasteiger partial charge in [-0.25, -0.2) is 13.1 Å². The Hall–Kier alpha value is -1.77. The van der Waals surface area contributed by atoms with Crippen LogP contribution in [0.1, 0.15) is 24.1 Å². The van der Waals surface area contributed by atoms with Crippen LogP contribution in [0.3, 0.4) is 0 Å². The molecule has 0 saturated carbocycles. The molecule has 0 aromatic carbocycles. The normalized spacial score (nSPS) is 13.3. The van der Waals surface area contributed by atoms with Gasteiger partial charge in [0, 0.05) is 30.5 Å². The van der Waals surface area contributed by atoms with Gasteiger partial charge in [0.15, 0.2) is 5.03 Å². The van der Waals surface area contributed by atoms with Crippen LogP contribution in [0.15, 0.2) is 35.7 Å². The maximum Gasteiger partial charge on any atom is 0.258 e. The molecule has 0 spiro atoms. The van der Waals surface area contributed by atoms with E-state index in [1.807, 2.05) is 0 Å². The number of aromatic amines is 1. The fraction of sp³-hybridized carbons (Fsp3) is 0.333. The Labute approximate surface area is 117 Å². The lowest BCUT2D eigenvalue weighted by molar-refractivity contribution is 0.560. The summed E-state index contributed by atoms with van der Waals surface area (Å²) in [6, 6.07) is 3.19. The molecule has 0 aliphatic heterocycles. The van der Waals surface area contributed by atoms with Crippen molar-refractivity contribution in [1.82, 2.24) is 25.2 Å². The first-order valence-electron chi connectivity index (χ1n) is 6.13. The molecule has 20 heavy (non-hydrogen) atoms. The largest absolute Gasteiger partial charge is 0.316 e. The molecule has 7 nitrogen and oxygen atoms in total. The van der Waals surface area contributed by atoms with Crippen molar-refractivity contribution >= 4 is 10.0 Å². The maximum atomic E-state index is 12.3. The third-order valence-corrected chi connectivity index (χ3v) is 4.41. The lowest BCUT2D eigenvalue weighted by Gasteiger charge is -2.14. The van der Waals surface area contributed by atoms with Crippen LogP contribution in [0.5, 0.6) is 0 Å². The Morgan fingerprint density at radius 1 is 1.35 bits per heavy atom. The summed E-state index contributed by atoms with van der Waals surface area (Å²) in [7, 11) is -1.90. The van der Waals surface area contributed by atoms with Crippen LogP contribution in [-0.2, 0) is 16.6 Å². The van der Waals surface area contributed by atoms with Gasteiger partial charge < -0.3 is 5.32 Å². The minimum absolute atomic E-state index is 0.0905. The summed E-state index contributed by atoms with van der Waals surface area (Å²) in [6.07, 6.45) is 4.76. The molecule has 2 aromatic heterocycles. The van der Waals surface area contributed by atoms with E-state index in [-0.39, 0.29) is 11.1 Å². The van der Waals surface area contributed by atoms with Gasteiger partial charge in [-0.1, -0.05) is 0 Å². The SMILES string of the molecule is CNCc1cn[nH]c1S(=O)(=O)NC(C)c1ccncc1. The Bertz CT molecular complexity index is 653. The average Bonchev–Trinajstić information content (AvgIpc) is 2.89. The maximum absolute atomic E-state index is 12.3. The van der Waals surface area contributed by atoms with E-state index in [0.717, 1.165) is 5.56 Å². The molecule has 0 aliphatic carbocycles. The summed E-state index contributed by atoms with van der Waals surface area (Å²) in [5.41, 5.74) is 1.44. The molecule has 1 atom stereocenters. The molecular weight excluding hydrogens is 278 g/mol. The van der Waals surface area contributed by atoms with Crippen LogP contribution in [0.2, 0.25) is 0 Å². The first-order valence-corrected chi connectivity index (χ1v) is 7.62. The molecule has 0 amide bonds. The van der Waals surface area contributed by atoms with Crippen molar-refractivity contribution in [3.8, 4) is 0 Å². The number of hydrogen-bond donors (Lipinski definition) is 3.